The molecule has 10 heteroatoms. The average Bonchev–Trinajstić information content (AvgIpc) is 3.59. The average molecular weight is 519 g/mol. The second-order valence-corrected chi connectivity index (χ2v) is 9.67. The standard InChI is InChI=1S/C28H25F3N6O/c1-17-32-8-10-36(17)14-18-11-22(24-16-35(2)34-26(24)28(29,30)31)21-7-9-37(27(38)23(21)12-18)15-19-13-33-25-6-4-3-5-20(19)25/h3-6,8,10-13,16,33H,7,9,14-15H2,1-2H3. The van der Waals surface area contributed by atoms with E-state index in [0.717, 1.165) is 27.9 Å². The van der Waals surface area contributed by atoms with Crippen molar-refractivity contribution in [2.24, 2.45) is 7.05 Å². The number of imidazole rings is 1. The van der Waals surface area contributed by atoms with Crippen LogP contribution in [0.5, 0.6) is 0 Å². The maximum Gasteiger partial charge on any atom is 0.435 e. The van der Waals surface area contributed by atoms with Gasteiger partial charge in [-0.15, -0.1) is 0 Å². The number of fused-ring (bicyclic) bond motifs is 2. The Labute approximate surface area is 216 Å². The molecule has 0 atom stereocenters. The van der Waals surface area contributed by atoms with Gasteiger partial charge in [-0.05, 0) is 53.8 Å². The van der Waals surface area contributed by atoms with Gasteiger partial charge in [-0.3, -0.25) is 9.48 Å². The normalized spacial score (nSPS) is 13.9. The molecule has 5 aromatic rings. The molecule has 0 bridgehead atoms. The molecule has 0 aliphatic carbocycles. The zero-order chi connectivity index (χ0) is 26.6. The number of nitrogens with one attached hydrogen (secondary N) is 1. The molecular formula is C28H25F3N6O. The summed E-state index contributed by atoms with van der Waals surface area (Å²) in [4.78, 5) is 23.1. The van der Waals surface area contributed by atoms with Gasteiger partial charge in [0.15, 0.2) is 5.69 Å². The Bertz CT molecular complexity index is 1680. The van der Waals surface area contributed by atoms with E-state index >= 15 is 0 Å². The summed E-state index contributed by atoms with van der Waals surface area (Å²) in [5, 5.41) is 4.76. The number of amides is 1. The minimum atomic E-state index is -4.62. The summed E-state index contributed by atoms with van der Waals surface area (Å²) in [5.41, 5.74) is 3.19. The molecule has 1 aliphatic rings. The van der Waals surface area contributed by atoms with Gasteiger partial charge >= 0.3 is 6.18 Å². The van der Waals surface area contributed by atoms with Crippen LogP contribution in [0.4, 0.5) is 13.2 Å². The number of benzene rings is 2. The SMILES string of the molecule is Cc1nccn1Cc1cc2c(c(-c3cn(C)nc3C(F)(F)F)c1)CCN(Cc1c[nH]c3ccccc13)C2=O. The minimum absolute atomic E-state index is 0.0154. The van der Waals surface area contributed by atoms with E-state index in [4.69, 9.17) is 0 Å². The third-order valence-electron chi connectivity index (χ3n) is 7.16. The number of aromatic amines is 1. The van der Waals surface area contributed by atoms with Crippen LogP contribution >= 0.6 is 0 Å². The number of aromatic nitrogens is 5. The van der Waals surface area contributed by atoms with Crippen LogP contribution in [-0.4, -0.2) is 41.7 Å². The molecule has 0 unspecified atom stereocenters. The van der Waals surface area contributed by atoms with E-state index in [1.807, 2.05) is 54.2 Å². The molecule has 38 heavy (non-hydrogen) atoms. The molecule has 1 N–H and O–H groups in total. The Kier molecular flexibility index (Phi) is 5.62. The van der Waals surface area contributed by atoms with Crippen molar-refractivity contribution in [3.05, 3.63) is 95.0 Å². The molecular weight excluding hydrogens is 493 g/mol. The van der Waals surface area contributed by atoms with Crippen LogP contribution in [0.1, 0.15) is 38.6 Å². The Balaban J connectivity index is 1.45. The Morgan fingerprint density at radius 2 is 1.87 bits per heavy atom. The molecule has 4 heterocycles. The molecule has 2 aromatic carbocycles. The summed E-state index contributed by atoms with van der Waals surface area (Å²) < 4.78 is 44.9. The highest BCUT2D eigenvalue weighted by Crippen LogP contribution is 2.40. The van der Waals surface area contributed by atoms with E-state index in [1.165, 1.54) is 17.9 Å². The number of hydrogen-bond acceptors (Lipinski definition) is 3. The molecule has 7 nitrogen and oxygen atoms in total. The lowest BCUT2D eigenvalue weighted by Gasteiger charge is -2.30. The molecule has 194 valence electrons. The van der Waals surface area contributed by atoms with Crippen LogP contribution in [0.2, 0.25) is 0 Å². The Morgan fingerprint density at radius 1 is 1.08 bits per heavy atom. The first kappa shape index (κ1) is 24.0. The summed E-state index contributed by atoms with van der Waals surface area (Å²) in [6, 6.07) is 11.5. The highest BCUT2D eigenvalue weighted by molar-refractivity contribution is 5.99. The smallest absolute Gasteiger partial charge is 0.361 e. The third kappa shape index (κ3) is 4.15. The molecule has 0 fully saturated rings. The maximum atomic E-state index is 13.9. The molecule has 3 aromatic heterocycles. The van der Waals surface area contributed by atoms with Crippen LogP contribution in [0.15, 0.2) is 61.2 Å². The van der Waals surface area contributed by atoms with Crippen molar-refractivity contribution in [2.45, 2.75) is 32.6 Å². The molecule has 1 aliphatic heterocycles. The Hall–Kier alpha value is -4.34. The fourth-order valence-corrected chi connectivity index (χ4v) is 5.32. The van der Waals surface area contributed by atoms with Crippen molar-refractivity contribution in [1.29, 1.82) is 0 Å². The zero-order valence-electron chi connectivity index (χ0n) is 20.9. The maximum absolute atomic E-state index is 13.9. The molecule has 6 rings (SSSR count). The number of halogens is 3. The topological polar surface area (TPSA) is 71.7 Å². The van der Waals surface area contributed by atoms with E-state index in [-0.39, 0.29) is 11.5 Å². The van der Waals surface area contributed by atoms with Gasteiger partial charge in [0.2, 0.25) is 0 Å². The van der Waals surface area contributed by atoms with Crippen LogP contribution < -0.4 is 0 Å². The van der Waals surface area contributed by atoms with Crippen molar-refractivity contribution in [3.8, 4) is 11.1 Å². The van der Waals surface area contributed by atoms with Crippen molar-refractivity contribution >= 4 is 16.8 Å². The second-order valence-electron chi connectivity index (χ2n) is 9.67. The van der Waals surface area contributed by atoms with Crippen molar-refractivity contribution < 1.29 is 18.0 Å². The summed E-state index contributed by atoms with van der Waals surface area (Å²) >= 11 is 0. The van der Waals surface area contributed by atoms with Gasteiger partial charge in [0.05, 0.1) is 0 Å². The van der Waals surface area contributed by atoms with Crippen molar-refractivity contribution in [1.82, 2.24) is 29.2 Å². The fourth-order valence-electron chi connectivity index (χ4n) is 5.32. The summed E-state index contributed by atoms with van der Waals surface area (Å²) in [6.45, 7) is 3.04. The first-order chi connectivity index (χ1) is 18.2. The van der Waals surface area contributed by atoms with E-state index in [1.54, 1.807) is 17.2 Å². The third-order valence-corrected chi connectivity index (χ3v) is 7.16. The lowest BCUT2D eigenvalue weighted by molar-refractivity contribution is -0.140. The number of rotatable bonds is 5. The molecule has 1 amide bonds. The van der Waals surface area contributed by atoms with Gasteiger partial charge in [0, 0.05) is 73.5 Å². The van der Waals surface area contributed by atoms with Gasteiger partial charge in [0.25, 0.3) is 5.91 Å². The van der Waals surface area contributed by atoms with Crippen LogP contribution in [0, 0.1) is 6.92 Å². The van der Waals surface area contributed by atoms with E-state index in [0.29, 0.717) is 42.7 Å². The first-order valence-corrected chi connectivity index (χ1v) is 12.3. The van der Waals surface area contributed by atoms with Gasteiger partial charge in [-0.25, -0.2) is 4.98 Å². The fraction of sp³-hybridized carbons (Fsp3) is 0.250. The van der Waals surface area contributed by atoms with Crippen LogP contribution in [-0.2, 0) is 32.7 Å². The number of para-hydroxylation sites is 1. The van der Waals surface area contributed by atoms with E-state index in [2.05, 4.69) is 15.1 Å². The summed E-state index contributed by atoms with van der Waals surface area (Å²) in [6.07, 6.45) is 2.59. The number of H-pyrrole nitrogens is 1. The number of aryl methyl sites for hydroxylation is 2. The van der Waals surface area contributed by atoms with Crippen LogP contribution in [0.3, 0.4) is 0 Å². The van der Waals surface area contributed by atoms with E-state index < -0.39 is 11.9 Å². The van der Waals surface area contributed by atoms with Gasteiger partial charge in [-0.1, -0.05) is 18.2 Å². The lowest BCUT2D eigenvalue weighted by atomic mass is 9.88. The van der Waals surface area contributed by atoms with E-state index in [9.17, 15) is 18.0 Å². The number of carbonyl (C=O) groups is 1. The van der Waals surface area contributed by atoms with Crippen molar-refractivity contribution in [2.75, 3.05) is 6.54 Å². The van der Waals surface area contributed by atoms with Crippen molar-refractivity contribution in [3.63, 3.8) is 0 Å². The lowest BCUT2D eigenvalue weighted by Crippen LogP contribution is -2.37. The quantitative estimate of drug-likeness (QED) is 0.342. The predicted octanol–water partition coefficient (Wildman–Crippen LogP) is 5.34. The summed E-state index contributed by atoms with van der Waals surface area (Å²) in [5.74, 6) is 0.577. The highest BCUT2D eigenvalue weighted by Gasteiger charge is 2.39. The number of hydrogen-bond donors (Lipinski definition) is 1. The zero-order valence-corrected chi connectivity index (χ0v) is 20.9. The van der Waals surface area contributed by atoms with Crippen LogP contribution in [0.25, 0.3) is 22.0 Å². The molecule has 0 saturated carbocycles. The highest BCUT2D eigenvalue weighted by atomic mass is 19.4. The molecule has 0 saturated heterocycles. The minimum Gasteiger partial charge on any atom is -0.361 e. The van der Waals surface area contributed by atoms with Gasteiger partial charge < -0.3 is 14.5 Å². The second kappa shape index (κ2) is 8.90. The number of nitrogens with zero attached hydrogens (tertiary/aromatic N) is 5. The predicted molar refractivity (Wildman–Crippen MR) is 136 cm³/mol. The molecule has 0 radical (unpaired) electrons. The summed E-state index contributed by atoms with van der Waals surface area (Å²) in [7, 11) is 1.47. The first-order valence-electron chi connectivity index (χ1n) is 12.3. The monoisotopic (exact) mass is 518 g/mol. The van der Waals surface area contributed by atoms with Gasteiger partial charge in [-0.2, -0.15) is 18.3 Å². The Morgan fingerprint density at radius 3 is 2.63 bits per heavy atom. The number of alkyl halides is 3. The largest absolute Gasteiger partial charge is 0.435 e. The number of carbonyl (C=O) groups excluding carboxylic acids is 1. The van der Waals surface area contributed by atoms with Gasteiger partial charge in [0.1, 0.15) is 5.82 Å². The molecule has 0 spiro atoms.